The van der Waals surface area contributed by atoms with Crippen LogP contribution in [0.1, 0.15) is 18.5 Å². The van der Waals surface area contributed by atoms with Gasteiger partial charge in [-0.15, -0.1) is 0 Å². The molecule has 6 heteroatoms. The normalized spacial score (nSPS) is 17.6. The molecule has 16 heavy (non-hydrogen) atoms. The average Bonchev–Trinajstić information content (AvgIpc) is 3.00. The summed E-state index contributed by atoms with van der Waals surface area (Å²) >= 11 is 0. The van der Waals surface area contributed by atoms with Crippen molar-refractivity contribution in [3.8, 4) is 0 Å². The summed E-state index contributed by atoms with van der Waals surface area (Å²) in [7, 11) is 0. The summed E-state index contributed by atoms with van der Waals surface area (Å²) in [6, 6.07) is 2.17. The molecule has 1 aromatic rings. The molecule has 0 spiro atoms. The summed E-state index contributed by atoms with van der Waals surface area (Å²) in [5.41, 5.74) is 5.07. The summed E-state index contributed by atoms with van der Waals surface area (Å²) in [5, 5.41) is 0. The van der Waals surface area contributed by atoms with Crippen LogP contribution in [0.4, 0.5) is 18.9 Å². The van der Waals surface area contributed by atoms with E-state index in [-0.39, 0.29) is 0 Å². The molecule has 1 saturated carbocycles. The van der Waals surface area contributed by atoms with Crippen molar-refractivity contribution in [1.29, 1.82) is 0 Å². The number of pyridine rings is 1. The second kappa shape index (κ2) is 3.77. The minimum Gasteiger partial charge on any atom is -0.387 e. The van der Waals surface area contributed by atoms with Crippen LogP contribution in [0.2, 0.25) is 0 Å². The zero-order chi connectivity index (χ0) is 11.8. The first-order valence-electron chi connectivity index (χ1n) is 4.84. The van der Waals surface area contributed by atoms with Gasteiger partial charge in [0.05, 0.1) is 11.9 Å². The van der Waals surface area contributed by atoms with Crippen molar-refractivity contribution < 1.29 is 13.2 Å². The third-order valence-corrected chi connectivity index (χ3v) is 2.29. The highest BCUT2D eigenvalue weighted by atomic mass is 19.4. The molecule has 2 N–H and O–H groups in total. The summed E-state index contributed by atoms with van der Waals surface area (Å²) in [4.78, 5) is 7.30. The Bertz CT molecular complexity index is 404. The fraction of sp³-hybridized carbons (Fsp3) is 0.400. The number of alkyl halides is 3. The van der Waals surface area contributed by atoms with E-state index in [1.54, 1.807) is 0 Å². The van der Waals surface area contributed by atoms with E-state index in [2.05, 4.69) is 9.98 Å². The van der Waals surface area contributed by atoms with Gasteiger partial charge in [0.2, 0.25) is 0 Å². The maximum atomic E-state index is 12.2. The Labute approximate surface area is 90.2 Å². The number of hydrogen-bond donors (Lipinski definition) is 1. The summed E-state index contributed by atoms with van der Waals surface area (Å²) < 4.78 is 36.6. The van der Waals surface area contributed by atoms with Crippen LogP contribution < -0.4 is 5.73 Å². The molecule has 1 fully saturated rings. The molecule has 86 valence electrons. The SMILES string of the molecule is NC(=Nc1ccc(C(F)(F)F)nc1)C1CC1. The van der Waals surface area contributed by atoms with Crippen LogP contribution in [0.15, 0.2) is 23.3 Å². The third-order valence-electron chi connectivity index (χ3n) is 2.29. The van der Waals surface area contributed by atoms with Crippen LogP contribution in [-0.4, -0.2) is 10.8 Å². The molecule has 1 aliphatic rings. The first-order valence-corrected chi connectivity index (χ1v) is 4.84. The van der Waals surface area contributed by atoms with E-state index in [1.807, 2.05) is 0 Å². The van der Waals surface area contributed by atoms with Gasteiger partial charge in [0, 0.05) is 5.92 Å². The van der Waals surface area contributed by atoms with E-state index in [4.69, 9.17) is 5.73 Å². The van der Waals surface area contributed by atoms with Crippen LogP contribution in [0.3, 0.4) is 0 Å². The number of rotatable bonds is 2. The average molecular weight is 229 g/mol. The molecular weight excluding hydrogens is 219 g/mol. The van der Waals surface area contributed by atoms with Crippen LogP contribution in [0, 0.1) is 5.92 Å². The maximum absolute atomic E-state index is 12.2. The summed E-state index contributed by atoms with van der Waals surface area (Å²) in [6.45, 7) is 0. The summed E-state index contributed by atoms with van der Waals surface area (Å²) in [5.74, 6) is 0.767. The van der Waals surface area contributed by atoms with Gasteiger partial charge in [0.1, 0.15) is 11.5 Å². The van der Waals surface area contributed by atoms with Crippen molar-refractivity contribution in [3.05, 3.63) is 24.0 Å². The predicted molar refractivity (Wildman–Crippen MR) is 53.2 cm³/mol. The highest BCUT2D eigenvalue weighted by Gasteiger charge is 2.32. The second-order valence-corrected chi connectivity index (χ2v) is 3.71. The molecule has 0 atom stereocenters. The number of aromatic nitrogens is 1. The lowest BCUT2D eigenvalue weighted by Gasteiger charge is -2.05. The second-order valence-electron chi connectivity index (χ2n) is 3.71. The van der Waals surface area contributed by atoms with Crippen LogP contribution in [0.5, 0.6) is 0 Å². The molecule has 0 amide bonds. The van der Waals surface area contributed by atoms with Crippen LogP contribution in [0.25, 0.3) is 0 Å². The number of nitrogens with two attached hydrogens (primary N) is 1. The molecule has 2 rings (SSSR count). The number of amidine groups is 1. The molecule has 0 radical (unpaired) electrons. The van der Waals surface area contributed by atoms with E-state index in [0.29, 0.717) is 17.4 Å². The van der Waals surface area contributed by atoms with Crippen LogP contribution in [-0.2, 0) is 6.18 Å². The van der Waals surface area contributed by atoms with Gasteiger partial charge in [0.25, 0.3) is 0 Å². The first-order chi connectivity index (χ1) is 7.47. The van der Waals surface area contributed by atoms with E-state index in [9.17, 15) is 13.2 Å². The lowest BCUT2D eigenvalue weighted by molar-refractivity contribution is -0.141. The molecule has 0 bridgehead atoms. The fourth-order valence-corrected chi connectivity index (χ4v) is 1.24. The van der Waals surface area contributed by atoms with Gasteiger partial charge in [-0.2, -0.15) is 13.2 Å². The zero-order valence-electron chi connectivity index (χ0n) is 8.33. The lowest BCUT2D eigenvalue weighted by atomic mass is 10.3. The highest BCUT2D eigenvalue weighted by Crippen LogP contribution is 2.31. The van der Waals surface area contributed by atoms with E-state index >= 15 is 0 Å². The molecule has 3 nitrogen and oxygen atoms in total. The molecular formula is C10H10F3N3. The van der Waals surface area contributed by atoms with Crippen molar-refractivity contribution in [3.63, 3.8) is 0 Å². The van der Waals surface area contributed by atoms with Gasteiger partial charge in [-0.25, -0.2) is 9.98 Å². The highest BCUT2D eigenvalue weighted by molar-refractivity contribution is 5.87. The number of halogens is 3. The van der Waals surface area contributed by atoms with Gasteiger partial charge < -0.3 is 5.73 Å². The minimum atomic E-state index is -4.41. The predicted octanol–water partition coefficient (Wildman–Crippen LogP) is 2.50. The Hall–Kier alpha value is -1.59. The zero-order valence-corrected chi connectivity index (χ0v) is 8.33. The van der Waals surface area contributed by atoms with Crippen LogP contribution >= 0.6 is 0 Å². The smallest absolute Gasteiger partial charge is 0.387 e. The van der Waals surface area contributed by atoms with Gasteiger partial charge in [0.15, 0.2) is 0 Å². The molecule has 0 unspecified atom stereocenters. The molecule has 1 heterocycles. The fourth-order valence-electron chi connectivity index (χ4n) is 1.24. The largest absolute Gasteiger partial charge is 0.433 e. The van der Waals surface area contributed by atoms with Crippen molar-refractivity contribution in [2.75, 3.05) is 0 Å². The van der Waals surface area contributed by atoms with E-state index < -0.39 is 11.9 Å². The quantitative estimate of drug-likeness (QED) is 0.625. The number of aliphatic imine (C=N–C) groups is 1. The Kier molecular flexibility index (Phi) is 2.57. The number of nitrogens with zero attached hydrogens (tertiary/aromatic N) is 2. The van der Waals surface area contributed by atoms with Crippen molar-refractivity contribution >= 4 is 11.5 Å². The Balaban J connectivity index is 2.16. The van der Waals surface area contributed by atoms with Gasteiger partial charge in [-0.1, -0.05) is 0 Å². The lowest BCUT2D eigenvalue weighted by Crippen LogP contribution is -2.13. The Morgan fingerprint density at radius 3 is 2.50 bits per heavy atom. The standard InChI is InChI=1S/C10H10F3N3/c11-10(12,13)8-4-3-7(5-15-8)16-9(14)6-1-2-6/h3-6H,1-2H2,(H2,14,16). The molecule has 1 aromatic heterocycles. The molecule has 0 saturated heterocycles. The molecule has 0 aromatic carbocycles. The van der Waals surface area contributed by atoms with E-state index in [1.165, 1.54) is 6.07 Å². The van der Waals surface area contributed by atoms with Crippen molar-refractivity contribution in [2.45, 2.75) is 19.0 Å². The minimum absolute atomic E-state index is 0.294. The third kappa shape index (κ3) is 2.50. The maximum Gasteiger partial charge on any atom is 0.433 e. The number of hydrogen-bond acceptors (Lipinski definition) is 2. The Morgan fingerprint density at radius 2 is 2.06 bits per heavy atom. The van der Waals surface area contributed by atoms with Gasteiger partial charge in [-0.05, 0) is 25.0 Å². The van der Waals surface area contributed by atoms with E-state index in [0.717, 1.165) is 25.1 Å². The summed E-state index contributed by atoms with van der Waals surface area (Å²) in [6.07, 6.45) is -1.32. The van der Waals surface area contributed by atoms with Crippen molar-refractivity contribution in [2.24, 2.45) is 16.6 Å². The van der Waals surface area contributed by atoms with Gasteiger partial charge in [-0.3, -0.25) is 0 Å². The molecule has 1 aliphatic carbocycles. The Morgan fingerprint density at radius 1 is 1.38 bits per heavy atom. The topological polar surface area (TPSA) is 51.3 Å². The van der Waals surface area contributed by atoms with Crippen molar-refractivity contribution in [1.82, 2.24) is 4.98 Å². The monoisotopic (exact) mass is 229 g/mol. The first kappa shape index (κ1) is 10.9. The van der Waals surface area contributed by atoms with Gasteiger partial charge >= 0.3 is 6.18 Å². The molecule has 0 aliphatic heterocycles.